The number of rotatable bonds is 8. The highest BCUT2D eigenvalue weighted by molar-refractivity contribution is 6.31. The summed E-state index contributed by atoms with van der Waals surface area (Å²) in [7, 11) is 7.89. The third-order valence-electron chi connectivity index (χ3n) is 12.3. The van der Waals surface area contributed by atoms with Crippen molar-refractivity contribution < 1.29 is 77.1 Å². The van der Waals surface area contributed by atoms with E-state index < -0.39 is 113 Å². The Bertz CT molecular complexity index is 2060. The Labute approximate surface area is 335 Å². The number of hydrogen-bond acceptors (Lipinski definition) is 17. The second-order valence-electron chi connectivity index (χ2n) is 16.6. The monoisotopic (exact) mass is 813 g/mol. The number of nitrogens with zero attached hydrogens (tertiary/aromatic N) is 1. The summed E-state index contributed by atoms with van der Waals surface area (Å²) >= 11 is 0. The van der Waals surface area contributed by atoms with Crippen molar-refractivity contribution in [1.29, 1.82) is 0 Å². The zero-order valence-electron chi connectivity index (χ0n) is 34.4. The first-order valence-corrected chi connectivity index (χ1v) is 19.0. The summed E-state index contributed by atoms with van der Waals surface area (Å²) in [6.45, 7) is 9.17. The van der Waals surface area contributed by atoms with Crippen LogP contribution in [-0.4, -0.2) is 139 Å². The van der Waals surface area contributed by atoms with E-state index in [-0.39, 0.29) is 46.4 Å². The standard InChI is InChI=1S/C41H51NO16/c1-16-34(50-9)41(6,52-11)36(51-10)38(53-16)56-23-15-39(4,49)14-19-12-20-25(30(47)24(19)23)31(48)26-22(45)13-21-32(27(26)29(20)46)57-37-33(54-17(2)43)28(42(7)8)35(55-18(3)44)40(21,5)58-37/h12-13,16,23,28,33-38,45,47,49H,14-15H2,1-11H3. The topological polar surface area (TPSA) is 215 Å². The molecule has 2 aliphatic carbocycles. The Morgan fingerprint density at radius 2 is 1.55 bits per heavy atom. The van der Waals surface area contributed by atoms with Gasteiger partial charge in [-0.1, -0.05) is 0 Å². The lowest BCUT2D eigenvalue weighted by Gasteiger charge is -2.55. The van der Waals surface area contributed by atoms with E-state index in [1.54, 1.807) is 46.7 Å². The first-order valence-electron chi connectivity index (χ1n) is 19.0. The maximum Gasteiger partial charge on any atom is 0.303 e. The molecule has 3 heterocycles. The molecule has 58 heavy (non-hydrogen) atoms. The second kappa shape index (κ2) is 14.5. The van der Waals surface area contributed by atoms with Crippen LogP contribution in [0.15, 0.2) is 12.1 Å². The van der Waals surface area contributed by atoms with Gasteiger partial charge in [-0.15, -0.1) is 0 Å². The Hall–Kier alpha value is -4.20. The minimum atomic E-state index is -1.60. The van der Waals surface area contributed by atoms with E-state index in [4.69, 9.17) is 42.6 Å². The lowest BCUT2D eigenvalue weighted by Crippen LogP contribution is -2.70. The van der Waals surface area contributed by atoms with Crippen LogP contribution in [0.2, 0.25) is 0 Å². The minimum absolute atomic E-state index is 0.0305. The predicted octanol–water partition coefficient (Wildman–Crippen LogP) is 2.57. The predicted molar refractivity (Wildman–Crippen MR) is 199 cm³/mol. The highest BCUT2D eigenvalue weighted by atomic mass is 16.7. The molecule has 17 heteroatoms. The number of phenols is 2. The second-order valence-corrected chi connectivity index (χ2v) is 16.6. The summed E-state index contributed by atoms with van der Waals surface area (Å²) in [4.78, 5) is 56.1. The average molecular weight is 814 g/mol. The van der Waals surface area contributed by atoms with Crippen molar-refractivity contribution in [3.63, 3.8) is 0 Å². The number of phenolic OH excluding ortho intramolecular Hbond substituents is 2. The summed E-state index contributed by atoms with van der Waals surface area (Å²) < 4.78 is 54.5. The van der Waals surface area contributed by atoms with E-state index in [0.717, 1.165) is 0 Å². The van der Waals surface area contributed by atoms with Crippen LogP contribution in [0.1, 0.15) is 103 Å². The van der Waals surface area contributed by atoms with E-state index in [1.165, 1.54) is 47.3 Å². The molecule has 2 aromatic carbocycles. The molecule has 2 bridgehead atoms. The van der Waals surface area contributed by atoms with Crippen molar-refractivity contribution in [2.45, 2.75) is 126 Å². The fourth-order valence-corrected chi connectivity index (χ4v) is 9.82. The lowest BCUT2D eigenvalue weighted by atomic mass is 9.72. The number of hydrogen-bond donors (Lipinski definition) is 3. The summed E-state index contributed by atoms with van der Waals surface area (Å²) in [6, 6.07) is 1.82. The average Bonchev–Trinajstić information content (AvgIpc) is 3.11. The molecule has 0 aromatic heterocycles. The number of carbonyl (C=O) groups is 4. The summed E-state index contributed by atoms with van der Waals surface area (Å²) in [5, 5.41) is 35.3. The first-order chi connectivity index (χ1) is 27.1. The molecule has 17 nitrogen and oxygen atoms in total. The molecule has 2 fully saturated rings. The Balaban J connectivity index is 1.36. The van der Waals surface area contributed by atoms with Gasteiger partial charge in [-0.3, -0.25) is 24.1 Å². The van der Waals surface area contributed by atoms with Crippen LogP contribution in [0.3, 0.4) is 0 Å². The normalized spacial score (nSPS) is 36.3. The third-order valence-corrected chi connectivity index (χ3v) is 12.3. The van der Waals surface area contributed by atoms with E-state index in [1.807, 2.05) is 0 Å². The number of likely N-dealkylation sites (N-methyl/N-ethyl adjacent to an activating group) is 1. The molecule has 0 saturated carbocycles. The number of fused-ring (bicyclic) bond motifs is 8. The Morgan fingerprint density at radius 3 is 2.14 bits per heavy atom. The molecule has 12 atom stereocenters. The highest BCUT2D eigenvalue weighted by Gasteiger charge is 2.63. The number of carbonyl (C=O) groups excluding carboxylic acids is 4. The Kier molecular flexibility index (Phi) is 10.5. The summed E-state index contributed by atoms with van der Waals surface area (Å²) in [5.74, 6) is -4.38. The first kappa shape index (κ1) is 41.9. The molecule has 0 spiro atoms. The molecule has 5 aliphatic rings. The fraction of sp³-hybridized carbons (Fsp3) is 0.610. The molecule has 316 valence electrons. The van der Waals surface area contributed by atoms with Crippen LogP contribution in [0.5, 0.6) is 17.2 Å². The largest absolute Gasteiger partial charge is 0.507 e. The molecule has 3 aliphatic heterocycles. The number of ether oxygens (including phenoxy) is 9. The van der Waals surface area contributed by atoms with Crippen molar-refractivity contribution in [2.24, 2.45) is 0 Å². The summed E-state index contributed by atoms with van der Waals surface area (Å²) in [5.41, 5.74) is -4.87. The van der Waals surface area contributed by atoms with Gasteiger partial charge in [0.25, 0.3) is 0 Å². The lowest BCUT2D eigenvalue weighted by molar-refractivity contribution is -0.345. The molecule has 3 N–H and O–H groups in total. The smallest absolute Gasteiger partial charge is 0.303 e. The van der Waals surface area contributed by atoms with Gasteiger partial charge >= 0.3 is 11.9 Å². The van der Waals surface area contributed by atoms with Crippen molar-refractivity contribution >= 4 is 23.5 Å². The van der Waals surface area contributed by atoms with Gasteiger partial charge in [-0.05, 0) is 59.5 Å². The van der Waals surface area contributed by atoms with Gasteiger partial charge in [0.05, 0.1) is 40.5 Å². The number of esters is 2. The van der Waals surface area contributed by atoms with Gasteiger partial charge in [-0.25, -0.2) is 0 Å². The van der Waals surface area contributed by atoms with Gasteiger partial charge in [0.1, 0.15) is 40.7 Å². The number of methoxy groups -OCH3 is 3. The van der Waals surface area contributed by atoms with E-state index in [9.17, 15) is 34.5 Å². The molecule has 2 saturated heterocycles. The summed E-state index contributed by atoms with van der Waals surface area (Å²) in [6.07, 6.45) is -7.93. The van der Waals surface area contributed by atoms with Crippen molar-refractivity contribution in [3.8, 4) is 17.2 Å². The molecule has 2 aromatic rings. The number of aromatic hydroxyl groups is 2. The maximum atomic E-state index is 14.8. The highest BCUT2D eigenvalue weighted by Crippen LogP contribution is 2.56. The zero-order valence-corrected chi connectivity index (χ0v) is 34.4. The molecular weight excluding hydrogens is 762 g/mol. The van der Waals surface area contributed by atoms with Crippen LogP contribution >= 0.6 is 0 Å². The van der Waals surface area contributed by atoms with Crippen LogP contribution in [0.25, 0.3) is 0 Å². The zero-order chi connectivity index (χ0) is 42.5. The Morgan fingerprint density at radius 1 is 0.897 bits per heavy atom. The van der Waals surface area contributed by atoms with Gasteiger partial charge in [0.15, 0.2) is 24.3 Å². The van der Waals surface area contributed by atoms with Crippen molar-refractivity contribution in [1.82, 2.24) is 4.90 Å². The molecule has 0 radical (unpaired) electrons. The molecule has 7 rings (SSSR count). The number of benzene rings is 2. The fourth-order valence-electron chi connectivity index (χ4n) is 9.82. The quantitative estimate of drug-likeness (QED) is 0.279. The maximum absolute atomic E-state index is 14.8. The van der Waals surface area contributed by atoms with Crippen LogP contribution in [-0.2, 0) is 59.5 Å². The van der Waals surface area contributed by atoms with E-state index >= 15 is 0 Å². The molecule has 0 amide bonds. The number of aliphatic hydroxyl groups is 1. The van der Waals surface area contributed by atoms with Gasteiger partial charge in [0, 0.05) is 64.7 Å². The van der Waals surface area contributed by atoms with E-state index in [2.05, 4.69) is 0 Å². The third kappa shape index (κ3) is 6.29. The molecular formula is C41H51NO16. The SMILES string of the molecule is COC1C(C)OC(OC2CC(C)(O)Cc3cc4c(c(O)c32)C(=O)c2c(O)cc3c(c2C4=O)OC2OC3(C)C(OC(C)=O)C(N(C)C)C2OC(C)=O)C(OC)C1(C)OC. The van der Waals surface area contributed by atoms with Gasteiger partial charge in [0.2, 0.25) is 12.1 Å². The van der Waals surface area contributed by atoms with Crippen LogP contribution < -0.4 is 4.74 Å². The van der Waals surface area contributed by atoms with Gasteiger partial charge in [-0.2, -0.15) is 0 Å². The minimum Gasteiger partial charge on any atom is -0.507 e. The van der Waals surface area contributed by atoms with Crippen molar-refractivity contribution in [3.05, 3.63) is 51.1 Å². The molecule has 12 unspecified atom stereocenters. The van der Waals surface area contributed by atoms with Crippen LogP contribution in [0.4, 0.5) is 0 Å². The van der Waals surface area contributed by atoms with E-state index in [0.29, 0.717) is 5.56 Å². The number of ketones is 2. The van der Waals surface area contributed by atoms with Crippen molar-refractivity contribution in [2.75, 3.05) is 35.4 Å². The van der Waals surface area contributed by atoms with Crippen LogP contribution in [0, 0.1) is 0 Å². The van der Waals surface area contributed by atoms with Gasteiger partial charge < -0.3 is 58.0 Å².